The van der Waals surface area contributed by atoms with Gasteiger partial charge in [0.1, 0.15) is 110 Å². The summed E-state index contributed by atoms with van der Waals surface area (Å²) in [5, 5.41) is 152. The van der Waals surface area contributed by atoms with Crippen molar-refractivity contribution in [2.45, 2.75) is 251 Å². The molecule has 27 nitrogen and oxygen atoms in total. The lowest BCUT2D eigenvalue weighted by atomic mass is 9.44. The van der Waals surface area contributed by atoms with Gasteiger partial charge in [0.15, 0.2) is 37.2 Å². The van der Waals surface area contributed by atoms with Gasteiger partial charge in [0.2, 0.25) is 0 Å². The van der Waals surface area contributed by atoms with Crippen LogP contribution in [-0.4, -0.2) is 276 Å². The fourth-order valence-electron chi connectivity index (χ4n) is 17.0. The lowest BCUT2D eigenvalue weighted by Crippen LogP contribution is -2.68. The maximum absolute atomic E-state index is 14.8. The molecule has 35 atom stereocenters. The van der Waals surface area contributed by atoms with E-state index in [1.165, 1.54) is 0 Å². The molecule has 11 fully saturated rings. The Morgan fingerprint density at radius 1 is 0.530 bits per heavy atom. The van der Waals surface area contributed by atoms with Gasteiger partial charge in [-0.05, 0) is 80.0 Å². The molecule has 0 radical (unpaired) electrons. The number of hydrogen-bond donors (Lipinski definition) is 14. The summed E-state index contributed by atoms with van der Waals surface area (Å²) in [6.07, 6.45) is -33.8. The highest BCUT2D eigenvalue weighted by molar-refractivity contribution is 5.87. The molecule has 4 aliphatic carbocycles. The van der Waals surface area contributed by atoms with E-state index in [2.05, 4.69) is 27.7 Å². The topological polar surface area (TPSA) is 411 Å². The number of aliphatic hydroxyl groups is 14. The second kappa shape index (κ2) is 24.8. The normalized spacial score (nSPS) is 56.5. The zero-order valence-electron chi connectivity index (χ0n) is 47.4. The van der Waals surface area contributed by atoms with Crippen LogP contribution in [0.4, 0.5) is 0 Å². The smallest absolute Gasteiger partial charge is 0.187 e. The maximum Gasteiger partial charge on any atom is 0.187 e. The Hall–Kier alpha value is -1.37. The minimum atomic E-state index is -2.12. The zero-order valence-corrected chi connectivity index (χ0v) is 47.4. The molecule has 27 heteroatoms. The van der Waals surface area contributed by atoms with Crippen LogP contribution in [0.1, 0.15) is 91.9 Å². The molecule has 476 valence electrons. The minimum Gasteiger partial charge on any atom is -0.394 e. The number of carbonyl (C=O) groups excluding carboxylic acids is 1. The maximum atomic E-state index is 14.8. The van der Waals surface area contributed by atoms with Gasteiger partial charge < -0.3 is 128 Å². The van der Waals surface area contributed by atoms with E-state index in [9.17, 15) is 76.3 Å². The van der Waals surface area contributed by atoms with Crippen LogP contribution in [0, 0.1) is 52.3 Å². The van der Waals surface area contributed by atoms with Crippen LogP contribution in [-0.2, 0) is 61.6 Å². The monoisotopic (exact) mass is 1190 g/mol. The molecule has 7 saturated heterocycles. The molecule has 83 heavy (non-hydrogen) atoms. The average Bonchev–Trinajstić information content (AvgIpc) is 1.61. The van der Waals surface area contributed by atoms with E-state index in [1.807, 2.05) is 0 Å². The molecule has 7 heterocycles. The fraction of sp³-hybridized carbons (Fsp3) is 0.982. The molecule has 11 aliphatic rings. The Kier molecular flexibility index (Phi) is 18.9. The first-order valence-electron chi connectivity index (χ1n) is 30.1. The van der Waals surface area contributed by atoms with Gasteiger partial charge in [-0.25, -0.2) is 0 Å². The largest absolute Gasteiger partial charge is 0.394 e. The number of fused-ring (bicyclic) bond motifs is 7. The van der Waals surface area contributed by atoms with Crippen LogP contribution < -0.4 is 0 Å². The van der Waals surface area contributed by atoms with Crippen LogP contribution in [0.3, 0.4) is 0 Å². The summed E-state index contributed by atoms with van der Waals surface area (Å²) in [7, 11) is 0. The first-order chi connectivity index (χ1) is 39.5. The fourth-order valence-corrected chi connectivity index (χ4v) is 17.0. The van der Waals surface area contributed by atoms with Gasteiger partial charge in [-0.3, -0.25) is 4.79 Å². The Bertz CT molecular complexity index is 2190. The molecule has 0 aromatic heterocycles. The van der Waals surface area contributed by atoms with Gasteiger partial charge in [0, 0.05) is 36.5 Å². The van der Waals surface area contributed by atoms with Gasteiger partial charge in [-0.2, -0.15) is 0 Å². The molecule has 4 saturated carbocycles. The summed E-state index contributed by atoms with van der Waals surface area (Å²) < 4.78 is 73.7. The second-order valence-corrected chi connectivity index (χ2v) is 26.4. The first-order valence-corrected chi connectivity index (χ1v) is 30.1. The van der Waals surface area contributed by atoms with E-state index in [0.717, 1.165) is 38.5 Å². The number of hydrogen-bond acceptors (Lipinski definition) is 27. The predicted octanol–water partition coefficient (Wildman–Crippen LogP) is -4.24. The van der Waals surface area contributed by atoms with Crippen LogP contribution in [0.2, 0.25) is 0 Å². The van der Waals surface area contributed by atoms with Crippen molar-refractivity contribution in [2.75, 3.05) is 39.6 Å². The van der Waals surface area contributed by atoms with E-state index >= 15 is 0 Å². The van der Waals surface area contributed by atoms with Crippen molar-refractivity contribution >= 4 is 5.78 Å². The third kappa shape index (κ3) is 11.1. The molecule has 0 amide bonds. The SMILES string of the molecule is C[C@@H]1CC[C@@]2(OC1)O[C@H]1C[C@H]3[C@@H]4CC[C@@H]5C[C@@H](O[C@H]6C[C@@H](O)[C@@H](O[C@@H]7O[C@H](CO)[C@@H](O)[C@H](O[C@@H]8O[C@H](CO)[C@@H](O)[C@H](O)[C@H]8O)[C@H]7O[C@@H]7O[C@H](CO)[C@@H](O)[C@H](O[C@@H]8OC[C@H](O)[C@H](O)[C@H]8O)[C@H]7O)[C@@H](CO)O6)CC[C@]5(C)[C@H]4CC(=O)[C@]3(C)[C@H]1[C@@H]2C. The highest BCUT2D eigenvalue weighted by Gasteiger charge is 2.72. The van der Waals surface area contributed by atoms with E-state index in [1.54, 1.807) is 0 Å². The lowest BCUT2D eigenvalue weighted by Gasteiger charge is -2.60. The van der Waals surface area contributed by atoms with Gasteiger partial charge in [0.25, 0.3) is 0 Å². The second-order valence-electron chi connectivity index (χ2n) is 26.4. The van der Waals surface area contributed by atoms with E-state index < -0.39 is 186 Å². The third-order valence-corrected chi connectivity index (χ3v) is 21.9. The summed E-state index contributed by atoms with van der Waals surface area (Å²) in [4.78, 5) is 14.8. The molecule has 0 aromatic rings. The number of ether oxygens (including phenoxy) is 12. The standard InChI is InChI=1S/C56H90O27/c1-21-7-10-56(73-19-21)22(2)37-30(83-56)12-27-25-6-5-23-11-24(8-9-54(23,3)26(25)13-35(63)55(27,37)4)74-36-14-28(61)46(34(18-60)75-36)79-53-49(48(41(67)33(17-59)78-53)81-51-44(70)42(68)39(65)31(15-57)76-51)82-52-45(71)47(40(66)32(16-58)77-52)80-50-43(69)38(64)29(62)20-72-50/h21-34,36-53,57-62,64-71H,5-20H2,1-4H3/t21-,22+,23-,24+,25-,26+,27+,28-,29+,30+,31-,32-,33-,34-,36-,37+,38+,39-,40-,41-,42+,43-,44-,45-,46-,47+,48+,49-,50+,51+,52+,53+,54+,55-,56-/m1/s1. The van der Waals surface area contributed by atoms with Crippen LogP contribution in [0.25, 0.3) is 0 Å². The van der Waals surface area contributed by atoms with Crippen molar-refractivity contribution in [1.82, 2.24) is 0 Å². The molecule has 0 bridgehead atoms. The van der Waals surface area contributed by atoms with Crippen LogP contribution in [0.5, 0.6) is 0 Å². The molecular weight excluding hydrogens is 1100 g/mol. The highest BCUT2D eigenvalue weighted by atomic mass is 16.8. The Labute approximate surface area is 480 Å². The van der Waals surface area contributed by atoms with Crippen molar-refractivity contribution in [1.29, 1.82) is 0 Å². The molecule has 7 aliphatic heterocycles. The Morgan fingerprint density at radius 2 is 1.14 bits per heavy atom. The molecule has 11 rings (SSSR count). The van der Waals surface area contributed by atoms with Crippen molar-refractivity contribution in [2.24, 2.45) is 52.3 Å². The number of ketones is 1. The minimum absolute atomic E-state index is 0.0130. The quantitative estimate of drug-likeness (QED) is 0.0733. The van der Waals surface area contributed by atoms with E-state index in [-0.39, 0.29) is 53.6 Å². The summed E-state index contributed by atoms with van der Waals surface area (Å²) in [6.45, 7) is 5.64. The number of rotatable bonds is 14. The van der Waals surface area contributed by atoms with E-state index in [4.69, 9.17) is 56.8 Å². The van der Waals surface area contributed by atoms with Crippen LogP contribution in [0.15, 0.2) is 0 Å². The lowest BCUT2D eigenvalue weighted by molar-refractivity contribution is -0.407. The van der Waals surface area contributed by atoms with Crippen molar-refractivity contribution in [3.8, 4) is 0 Å². The Morgan fingerprint density at radius 3 is 1.82 bits per heavy atom. The third-order valence-electron chi connectivity index (χ3n) is 21.9. The van der Waals surface area contributed by atoms with Crippen molar-refractivity contribution in [3.63, 3.8) is 0 Å². The van der Waals surface area contributed by atoms with Gasteiger partial charge in [0.05, 0.1) is 58.0 Å². The predicted molar refractivity (Wildman–Crippen MR) is 274 cm³/mol. The number of carbonyl (C=O) groups is 1. The highest BCUT2D eigenvalue weighted by Crippen LogP contribution is 2.70. The zero-order chi connectivity index (χ0) is 59.4. The Balaban J connectivity index is 0.782. The number of Topliss-reactive ketones (excluding diaryl/α,β-unsaturated/α-hetero) is 1. The summed E-state index contributed by atoms with van der Waals surface area (Å²) in [5.41, 5.74) is -0.602. The molecule has 14 N–H and O–H groups in total. The molecule has 1 spiro atoms. The molecular formula is C56H90O27. The van der Waals surface area contributed by atoms with Gasteiger partial charge in [-0.1, -0.05) is 27.7 Å². The summed E-state index contributed by atoms with van der Waals surface area (Å²) >= 11 is 0. The molecule has 0 aromatic carbocycles. The molecule has 0 unspecified atom stereocenters. The summed E-state index contributed by atoms with van der Waals surface area (Å²) in [5.74, 6) is 1.47. The van der Waals surface area contributed by atoms with Crippen molar-refractivity contribution < 1.29 is 133 Å². The first kappa shape index (κ1) is 63.2. The average molecular weight is 1200 g/mol. The van der Waals surface area contributed by atoms with Crippen molar-refractivity contribution in [3.05, 3.63) is 0 Å². The van der Waals surface area contributed by atoms with Gasteiger partial charge in [-0.15, -0.1) is 0 Å². The summed E-state index contributed by atoms with van der Waals surface area (Å²) in [6, 6.07) is 0. The van der Waals surface area contributed by atoms with E-state index in [0.29, 0.717) is 43.5 Å². The number of aliphatic hydroxyl groups excluding tert-OH is 14. The van der Waals surface area contributed by atoms with Gasteiger partial charge >= 0.3 is 0 Å². The van der Waals surface area contributed by atoms with Crippen LogP contribution >= 0.6 is 0 Å².